The fourth-order valence-electron chi connectivity index (χ4n) is 5.77. The highest BCUT2D eigenvalue weighted by atomic mass is 16.6. The molecule has 4 amide bonds. The van der Waals surface area contributed by atoms with E-state index in [1.54, 1.807) is 25.7 Å². The van der Waals surface area contributed by atoms with Gasteiger partial charge in [0.25, 0.3) is 0 Å². The van der Waals surface area contributed by atoms with Crippen molar-refractivity contribution in [2.24, 2.45) is 0 Å². The number of carbonyl (C=O) groups excluding carboxylic acids is 4. The van der Waals surface area contributed by atoms with Crippen molar-refractivity contribution in [3.05, 3.63) is 90.5 Å². The van der Waals surface area contributed by atoms with Crippen LogP contribution in [0.1, 0.15) is 45.6 Å². The highest BCUT2D eigenvalue weighted by molar-refractivity contribution is 5.99. The van der Waals surface area contributed by atoms with Crippen LogP contribution in [0.5, 0.6) is 0 Å². The molecule has 3 aromatic carbocycles. The topological polar surface area (TPSA) is 117 Å². The lowest BCUT2D eigenvalue weighted by atomic mass is 10.1. The molecular formula is C35H40N4O6. The van der Waals surface area contributed by atoms with Crippen molar-refractivity contribution >= 4 is 29.7 Å². The van der Waals surface area contributed by atoms with Gasteiger partial charge in [0.2, 0.25) is 11.8 Å². The Morgan fingerprint density at radius 3 is 2.16 bits per heavy atom. The molecule has 2 fully saturated rings. The molecule has 236 valence electrons. The Bertz CT molecular complexity index is 1490. The van der Waals surface area contributed by atoms with Crippen LogP contribution in [-0.2, 0) is 25.7 Å². The van der Waals surface area contributed by atoms with Gasteiger partial charge in [-0.05, 0) is 68.9 Å². The van der Waals surface area contributed by atoms with Crippen molar-refractivity contribution in [1.82, 2.24) is 15.1 Å². The maximum absolute atomic E-state index is 14.1. The summed E-state index contributed by atoms with van der Waals surface area (Å²) in [7, 11) is 0. The molecule has 3 atom stereocenters. The quantitative estimate of drug-likeness (QED) is 0.375. The number of hydrogen-bond donors (Lipinski definition) is 2. The van der Waals surface area contributed by atoms with Crippen LogP contribution in [0, 0.1) is 0 Å². The van der Waals surface area contributed by atoms with Crippen molar-refractivity contribution in [3.63, 3.8) is 0 Å². The Morgan fingerprint density at radius 1 is 0.844 bits per heavy atom. The minimum Gasteiger partial charge on any atom is -0.445 e. The molecule has 2 saturated heterocycles. The fraction of sp³-hybridized carbons (Fsp3) is 0.371. The summed E-state index contributed by atoms with van der Waals surface area (Å²) < 4.78 is 11.0. The van der Waals surface area contributed by atoms with E-state index in [4.69, 9.17) is 9.47 Å². The average Bonchev–Trinajstić information content (AvgIpc) is 3.44. The molecule has 10 heteroatoms. The van der Waals surface area contributed by atoms with Crippen molar-refractivity contribution in [1.29, 1.82) is 0 Å². The lowest BCUT2D eigenvalue weighted by Gasteiger charge is -2.38. The molecule has 10 nitrogen and oxygen atoms in total. The molecule has 0 aliphatic carbocycles. The number of fused-ring (bicyclic) bond motifs is 1. The molecule has 45 heavy (non-hydrogen) atoms. The van der Waals surface area contributed by atoms with Gasteiger partial charge in [-0.3, -0.25) is 9.59 Å². The monoisotopic (exact) mass is 612 g/mol. The Kier molecular flexibility index (Phi) is 9.71. The van der Waals surface area contributed by atoms with Crippen LogP contribution in [0.4, 0.5) is 15.3 Å². The standard InChI is InChI=1S/C35H40N4O6/c1-35(2,3)45-33(42)37-29-22-38(34(43)44-23-24-10-6-4-7-11-24)21-20-28-18-19-30(39(28)32(29)41)31(40)36-27-16-14-26(15-17-27)25-12-8-5-9-13-25/h4-17,28-30H,18-23H2,1-3H3,(H,36,40)(H,37,42)/t28-,29+,30+/m1/s1. The van der Waals surface area contributed by atoms with Gasteiger partial charge in [-0.1, -0.05) is 72.8 Å². The second kappa shape index (κ2) is 13.8. The summed E-state index contributed by atoms with van der Waals surface area (Å²) in [6, 6.07) is 24.7. The van der Waals surface area contributed by atoms with Crippen LogP contribution in [0.3, 0.4) is 0 Å². The average molecular weight is 613 g/mol. The number of anilines is 1. The number of carbonyl (C=O) groups is 4. The summed E-state index contributed by atoms with van der Waals surface area (Å²) in [4.78, 5) is 56.7. The maximum atomic E-state index is 14.1. The Hall–Kier alpha value is -4.86. The zero-order valence-electron chi connectivity index (χ0n) is 25.9. The molecular weight excluding hydrogens is 572 g/mol. The molecule has 0 unspecified atom stereocenters. The lowest BCUT2D eigenvalue weighted by molar-refractivity contribution is -0.141. The van der Waals surface area contributed by atoms with Crippen LogP contribution in [-0.4, -0.2) is 70.6 Å². The summed E-state index contributed by atoms with van der Waals surface area (Å²) in [6.07, 6.45) is 0.155. The molecule has 3 aromatic rings. The first-order valence-corrected chi connectivity index (χ1v) is 15.3. The lowest BCUT2D eigenvalue weighted by Crippen LogP contribution is -2.61. The zero-order valence-corrected chi connectivity index (χ0v) is 25.9. The minimum absolute atomic E-state index is 0.0818. The first kappa shape index (κ1) is 31.6. The van der Waals surface area contributed by atoms with Crippen molar-refractivity contribution in [2.75, 3.05) is 18.4 Å². The molecule has 0 radical (unpaired) electrons. The van der Waals surface area contributed by atoms with Gasteiger partial charge in [0.1, 0.15) is 24.3 Å². The Labute approximate surface area is 263 Å². The Morgan fingerprint density at radius 2 is 1.49 bits per heavy atom. The van der Waals surface area contributed by atoms with E-state index < -0.39 is 35.8 Å². The van der Waals surface area contributed by atoms with Gasteiger partial charge < -0.3 is 29.9 Å². The third-order valence-electron chi connectivity index (χ3n) is 7.91. The van der Waals surface area contributed by atoms with Gasteiger partial charge in [-0.25, -0.2) is 9.59 Å². The van der Waals surface area contributed by atoms with E-state index in [0.29, 0.717) is 31.5 Å². The Balaban J connectivity index is 1.30. The van der Waals surface area contributed by atoms with Gasteiger partial charge in [-0.15, -0.1) is 0 Å². The second-order valence-electron chi connectivity index (χ2n) is 12.4. The summed E-state index contributed by atoms with van der Waals surface area (Å²) in [6.45, 7) is 5.43. The molecule has 2 aliphatic heterocycles. The molecule has 0 saturated carbocycles. The highest BCUT2D eigenvalue weighted by Gasteiger charge is 2.46. The van der Waals surface area contributed by atoms with E-state index in [-0.39, 0.29) is 25.1 Å². The fourth-order valence-corrected chi connectivity index (χ4v) is 5.77. The third kappa shape index (κ3) is 8.20. The maximum Gasteiger partial charge on any atom is 0.410 e. The first-order chi connectivity index (χ1) is 21.6. The summed E-state index contributed by atoms with van der Waals surface area (Å²) in [5.41, 5.74) is 2.76. The van der Waals surface area contributed by atoms with Gasteiger partial charge in [-0.2, -0.15) is 0 Å². The molecule has 2 N–H and O–H groups in total. The number of hydrogen-bond acceptors (Lipinski definition) is 6. The number of rotatable bonds is 6. The van der Waals surface area contributed by atoms with Gasteiger partial charge in [0.15, 0.2) is 0 Å². The van der Waals surface area contributed by atoms with E-state index in [9.17, 15) is 19.2 Å². The minimum atomic E-state index is -1.13. The summed E-state index contributed by atoms with van der Waals surface area (Å²) in [5, 5.41) is 5.63. The first-order valence-electron chi connectivity index (χ1n) is 15.3. The zero-order chi connectivity index (χ0) is 32.0. The van der Waals surface area contributed by atoms with Crippen molar-refractivity contribution in [3.8, 4) is 11.1 Å². The highest BCUT2D eigenvalue weighted by Crippen LogP contribution is 2.31. The van der Waals surface area contributed by atoms with Crippen LogP contribution in [0.15, 0.2) is 84.9 Å². The van der Waals surface area contributed by atoms with Gasteiger partial charge in [0, 0.05) is 18.3 Å². The molecule has 5 rings (SSSR count). The number of nitrogens with zero attached hydrogens (tertiary/aromatic N) is 2. The second-order valence-corrected chi connectivity index (χ2v) is 12.4. The van der Waals surface area contributed by atoms with E-state index in [1.165, 1.54) is 4.90 Å². The summed E-state index contributed by atoms with van der Waals surface area (Å²) >= 11 is 0. The van der Waals surface area contributed by atoms with Crippen LogP contribution in [0.2, 0.25) is 0 Å². The number of amides is 4. The van der Waals surface area contributed by atoms with Crippen LogP contribution < -0.4 is 10.6 Å². The summed E-state index contributed by atoms with van der Waals surface area (Å²) in [5.74, 6) is -0.738. The van der Waals surface area contributed by atoms with Gasteiger partial charge >= 0.3 is 12.2 Å². The molecule has 0 bridgehead atoms. The van der Waals surface area contributed by atoms with E-state index in [0.717, 1.165) is 16.7 Å². The van der Waals surface area contributed by atoms with Crippen molar-refractivity contribution < 1.29 is 28.7 Å². The largest absolute Gasteiger partial charge is 0.445 e. The van der Waals surface area contributed by atoms with Gasteiger partial charge in [0.05, 0.1) is 6.54 Å². The van der Waals surface area contributed by atoms with Crippen LogP contribution in [0.25, 0.3) is 11.1 Å². The molecule has 0 spiro atoms. The van der Waals surface area contributed by atoms with Crippen LogP contribution >= 0.6 is 0 Å². The van der Waals surface area contributed by atoms with Crippen molar-refractivity contribution in [2.45, 2.75) is 70.4 Å². The number of nitrogens with one attached hydrogen (secondary N) is 2. The van der Waals surface area contributed by atoms with E-state index >= 15 is 0 Å². The number of benzene rings is 3. The predicted octanol–water partition coefficient (Wildman–Crippen LogP) is 5.59. The number of alkyl carbamates (subject to hydrolysis) is 1. The SMILES string of the molecule is CC(C)(C)OC(=O)N[C@H]1CN(C(=O)OCc2ccccc2)CC[C@H]2CC[C@@H](C(=O)Nc3ccc(-c4ccccc4)cc3)N2C1=O. The smallest absolute Gasteiger partial charge is 0.410 e. The van der Waals surface area contributed by atoms with E-state index in [1.807, 2.05) is 84.9 Å². The predicted molar refractivity (Wildman–Crippen MR) is 170 cm³/mol. The molecule has 2 aliphatic rings. The molecule has 0 aromatic heterocycles. The van der Waals surface area contributed by atoms with E-state index in [2.05, 4.69) is 10.6 Å². The number of ether oxygens (including phenoxy) is 2. The molecule has 2 heterocycles. The normalized spacial score (nSPS) is 20.0. The third-order valence-corrected chi connectivity index (χ3v) is 7.91.